The van der Waals surface area contributed by atoms with Crippen molar-refractivity contribution in [1.29, 1.82) is 5.26 Å². The van der Waals surface area contributed by atoms with Gasteiger partial charge in [0.05, 0.1) is 40.3 Å². The molecule has 0 aliphatic heterocycles. The van der Waals surface area contributed by atoms with E-state index in [9.17, 15) is 5.26 Å². The molecule has 10 heteroatoms. The molecule has 3 aromatic rings. The molecule has 1 heterocycles. The fourth-order valence-corrected chi connectivity index (χ4v) is 3.39. The molecule has 1 N–H and O–H groups in total. The van der Waals surface area contributed by atoms with Crippen molar-refractivity contribution >= 4 is 23.8 Å². The molecule has 0 amide bonds. The van der Waals surface area contributed by atoms with Crippen molar-refractivity contribution in [2.24, 2.45) is 5.10 Å². The Morgan fingerprint density at radius 1 is 0.970 bits per heavy atom. The van der Waals surface area contributed by atoms with Crippen LogP contribution in [0.3, 0.4) is 0 Å². The molecule has 0 fully saturated rings. The van der Waals surface area contributed by atoms with E-state index in [1.165, 1.54) is 18.9 Å². The van der Waals surface area contributed by atoms with Gasteiger partial charge in [-0.3, -0.25) is 5.43 Å². The molecule has 0 aliphatic rings. The van der Waals surface area contributed by atoms with Crippen molar-refractivity contribution in [3.63, 3.8) is 0 Å². The number of nitrogens with one attached hydrogen (secondary N) is 1. The molecule has 0 radical (unpaired) electrons. The zero-order valence-corrected chi connectivity index (χ0v) is 19.7. The smallest absolute Gasteiger partial charge is 0.203 e. The quantitative estimate of drug-likeness (QED) is 0.215. The van der Waals surface area contributed by atoms with Gasteiger partial charge >= 0.3 is 0 Å². The Morgan fingerprint density at radius 2 is 1.64 bits per heavy atom. The Balaban J connectivity index is 1.97. The topological polar surface area (TPSA) is 111 Å². The second-order valence-corrected chi connectivity index (χ2v) is 7.22. The van der Waals surface area contributed by atoms with Crippen LogP contribution < -0.4 is 24.4 Å². The van der Waals surface area contributed by atoms with Crippen LogP contribution in [0.25, 0.3) is 11.3 Å². The Kier molecular flexibility index (Phi) is 7.94. The molecule has 0 bridgehead atoms. The molecule has 3 rings (SSSR count). The van der Waals surface area contributed by atoms with Gasteiger partial charge < -0.3 is 18.9 Å². The number of ether oxygens (including phenoxy) is 4. The van der Waals surface area contributed by atoms with Crippen LogP contribution >= 0.6 is 11.8 Å². The Bertz CT molecular complexity index is 1170. The minimum Gasteiger partial charge on any atom is -0.497 e. The van der Waals surface area contributed by atoms with Gasteiger partial charge in [-0.1, -0.05) is 11.8 Å². The number of hydrazone groups is 1. The molecule has 9 nitrogen and oxygen atoms in total. The Morgan fingerprint density at radius 3 is 2.15 bits per heavy atom. The van der Waals surface area contributed by atoms with Gasteiger partial charge in [-0.15, -0.1) is 0 Å². The highest BCUT2D eigenvalue weighted by molar-refractivity contribution is 7.98. The van der Waals surface area contributed by atoms with E-state index in [1.807, 2.05) is 30.5 Å². The summed E-state index contributed by atoms with van der Waals surface area (Å²) >= 11 is 1.37. The summed E-state index contributed by atoms with van der Waals surface area (Å²) < 4.78 is 21.3. The standard InChI is InChI=1S/C23H23N5O4S/c1-29-16-8-6-15(7-9-16)20-17(12-24)22(27-23(26-20)33-5)28-25-13-14-10-18(30-2)21(32-4)19(11-14)31-3/h6-11,13H,1-5H3,(H,26,27,28)/b25-13+. The van der Waals surface area contributed by atoms with Crippen LogP contribution in [0.15, 0.2) is 46.7 Å². The van der Waals surface area contributed by atoms with E-state index in [0.29, 0.717) is 45.2 Å². The normalized spacial score (nSPS) is 10.5. The van der Waals surface area contributed by atoms with Crippen molar-refractivity contribution in [1.82, 2.24) is 9.97 Å². The van der Waals surface area contributed by atoms with Crippen LogP contribution in [0.5, 0.6) is 23.0 Å². The zero-order chi connectivity index (χ0) is 23.8. The van der Waals surface area contributed by atoms with E-state index in [1.54, 1.807) is 39.7 Å². The van der Waals surface area contributed by atoms with E-state index >= 15 is 0 Å². The van der Waals surface area contributed by atoms with Crippen molar-refractivity contribution in [2.75, 3.05) is 40.1 Å². The van der Waals surface area contributed by atoms with Gasteiger partial charge in [0.15, 0.2) is 22.5 Å². The van der Waals surface area contributed by atoms with Crippen LogP contribution in [0.2, 0.25) is 0 Å². The maximum Gasteiger partial charge on any atom is 0.203 e. The molecule has 2 aromatic carbocycles. The predicted octanol–water partition coefficient (Wildman–Crippen LogP) is 4.22. The summed E-state index contributed by atoms with van der Waals surface area (Å²) in [5.41, 5.74) is 5.12. The van der Waals surface area contributed by atoms with Crippen LogP contribution in [0.1, 0.15) is 11.1 Å². The monoisotopic (exact) mass is 465 g/mol. The minimum absolute atomic E-state index is 0.278. The first kappa shape index (κ1) is 23.7. The Hall–Kier alpha value is -3.97. The average Bonchev–Trinajstić information content (AvgIpc) is 2.87. The maximum absolute atomic E-state index is 9.84. The molecule has 0 aliphatic carbocycles. The molecular weight excluding hydrogens is 442 g/mol. The second kappa shape index (κ2) is 11.1. The molecule has 0 saturated heterocycles. The summed E-state index contributed by atoms with van der Waals surface area (Å²) in [6.45, 7) is 0. The number of nitriles is 1. The summed E-state index contributed by atoms with van der Waals surface area (Å²) in [5.74, 6) is 2.51. The van der Waals surface area contributed by atoms with Crippen molar-refractivity contribution in [2.45, 2.75) is 5.16 Å². The third-order valence-corrected chi connectivity index (χ3v) is 5.17. The van der Waals surface area contributed by atoms with E-state index in [2.05, 4.69) is 26.6 Å². The minimum atomic E-state index is 0.278. The lowest BCUT2D eigenvalue weighted by Crippen LogP contribution is -2.03. The number of methoxy groups -OCH3 is 4. The van der Waals surface area contributed by atoms with Gasteiger partial charge in [0.2, 0.25) is 5.75 Å². The first-order chi connectivity index (χ1) is 16.1. The molecule has 0 unspecified atom stereocenters. The van der Waals surface area contributed by atoms with Crippen molar-refractivity contribution in [3.8, 4) is 40.3 Å². The number of benzene rings is 2. The highest BCUT2D eigenvalue weighted by atomic mass is 32.2. The van der Waals surface area contributed by atoms with Crippen LogP contribution in [-0.4, -0.2) is 50.9 Å². The largest absolute Gasteiger partial charge is 0.497 e. The third kappa shape index (κ3) is 5.27. The van der Waals surface area contributed by atoms with Gasteiger partial charge in [-0.2, -0.15) is 10.4 Å². The summed E-state index contributed by atoms with van der Waals surface area (Å²) in [5, 5.41) is 14.6. The first-order valence-electron chi connectivity index (χ1n) is 9.68. The molecule has 1 aromatic heterocycles. The van der Waals surface area contributed by atoms with Gasteiger partial charge in [0, 0.05) is 11.1 Å². The first-order valence-corrected chi connectivity index (χ1v) is 10.9. The van der Waals surface area contributed by atoms with Gasteiger partial charge in [-0.25, -0.2) is 9.97 Å². The molecule has 33 heavy (non-hydrogen) atoms. The second-order valence-electron chi connectivity index (χ2n) is 6.45. The Labute approximate surface area is 196 Å². The summed E-state index contributed by atoms with van der Waals surface area (Å²) in [6.07, 6.45) is 3.43. The molecular formula is C23H23N5O4S. The average molecular weight is 466 g/mol. The van der Waals surface area contributed by atoms with Crippen LogP contribution in [0.4, 0.5) is 5.82 Å². The predicted molar refractivity (Wildman–Crippen MR) is 128 cm³/mol. The maximum atomic E-state index is 9.84. The highest BCUT2D eigenvalue weighted by Gasteiger charge is 2.16. The lowest BCUT2D eigenvalue weighted by molar-refractivity contribution is 0.324. The highest BCUT2D eigenvalue weighted by Crippen LogP contribution is 2.37. The van der Waals surface area contributed by atoms with Gasteiger partial charge in [-0.05, 0) is 42.7 Å². The fraction of sp³-hybridized carbons (Fsp3) is 0.217. The molecule has 0 saturated carbocycles. The number of rotatable bonds is 9. The number of anilines is 1. The summed E-state index contributed by atoms with van der Waals surface area (Å²) in [7, 11) is 6.22. The third-order valence-electron chi connectivity index (χ3n) is 4.62. The molecule has 170 valence electrons. The van der Waals surface area contributed by atoms with Crippen LogP contribution in [0, 0.1) is 11.3 Å². The SMILES string of the molecule is COc1ccc(-c2nc(SC)nc(N/N=C/c3cc(OC)c(OC)c(OC)c3)c2C#N)cc1. The molecule has 0 spiro atoms. The number of aromatic nitrogens is 2. The number of thioether (sulfide) groups is 1. The van der Waals surface area contributed by atoms with E-state index in [-0.39, 0.29) is 5.56 Å². The summed E-state index contributed by atoms with van der Waals surface area (Å²) in [4.78, 5) is 8.95. The molecule has 0 atom stereocenters. The number of hydrogen-bond acceptors (Lipinski definition) is 10. The summed E-state index contributed by atoms with van der Waals surface area (Å²) in [6, 6.07) is 13.0. The van der Waals surface area contributed by atoms with Gasteiger partial charge in [0.1, 0.15) is 17.4 Å². The fourth-order valence-electron chi connectivity index (χ4n) is 3.02. The van der Waals surface area contributed by atoms with Gasteiger partial charge in [0.25, 0.3) is 0 Å². The number of nitrogens with zero attached hydrogens (tertiary/aromatic N) is 4. The van der Waals surface area contributed by atoms with Crippen molar-refractivity contribution in [3.05, 3.63) is 47.5 Å². The lowest BCUT2D eigenvalue weighted by atomic mass is 10.1. The van der Waals surface area contributed by atoms with E-state index in [0.717, 1.165) is 5.56 Å². The lowest BCUT2D eigenvalue weighted by Gasteiger charge is -2.13. The number of hydrogen-bond donors (Lipinski definition) is 1. The zero-order valence-electron chi connectivity index (χ0n) is 18.9. The van der Waals surface area contributed by atoms with E-state index < -0.39 is 0 Å². The van der Waals surface area contributed by atoms with Crippen molar-refractivity contribution < 1.29 is 18.9 Å². The van der Waals surface area contributed by atoms with E-state index in [4.69, 9.17) is 18.9 Å². The van der Waals surface area contributed by atoms with Crippen LogP contribution in [-0.2, 0) is 0 Å².